The first kappa shape index (κ1) is 15.4. The Hall–Kier alpha value is -1.95. The van der Waals surface area contributed by atoms with Crippen LogP contribution in [0.5, 0.6) is 5.75 Å². The number of rotatable bonds is 5. The van der Waals surface area contributed by atoms with Gasteiger partial charge in [-0.2, -0.15) is 0 Å². The predicted molar refractivity (Wildman–Crippen MR) is 78.3 cm³/mol. The van der Waals surface area contributed by atoms with Crippen molar-refractivity contribution in [2.45, 2.75) is 0 Å². The van der Waals surface area contributed by atoms with Gasteiger partial charge in [0.1, 0.15) is 12.4 Å². The minimum atomic E-state index is -0.968. The van der Waals surface area contributed by atoms with Gasteiger partial charge in [-0.3, -0.25) is 4.79 Å². The minimum Gasteiger partial charge on any atom is -0.492 e. The second-order valence-electron chi connectivity index (χ2n) is 4.16. The normalized spacial score (nSPS) is 10.2. The number of nitrogens with one attached hydrogen (secondary N) is 1. The molecule has 0 aliphatic heterocycles. The van der Waals surface area contributed by atoms with E-state index < -0.39 is 11.6 Å². The fourth-order valence-electron chi connectivity index (χ4n) is 1.64. The van der Waals surface area contributed by atoms with Gasteiger partial charge in [-0.25, -0.2) is 8.78 Å². The van der Waals surface area contributed by atoms with Crippen molar-refractivity contribution in [2.24, 2.45) is 0 Å². The number of carbonyl (C=O) groups excluding carboxylic acids is 1. The van der Waals surface area contributed by atoms with Gasteiger partial charge in [0.25, 0.3) is 5.91 Å². The van der Waals surface area contributed by atoms with Crippen LogP contribution in [0.25, 0.3) is 0 Å². The zero-order valence-electron chi connectivity index (χ0n) is 10.9. The molecule has 1 N–H and O–H groups in total. The average molecular weight is 356 g/mol. The Bertz CT molecular complexity index is 649. The molecule has 110 valence electrons. The fourth-order valence-corrected chi connectivity index (χ4v) is 2.11. The lowest BCUT2D eigenvalue weighted by molar-refractivity contribution is 0.0946. The molecule has 0 aliphatic rings. The molecule has 0 saturated heterocycles. The molecular formula is C15H12BrF2NO2. The van der Waals surface area contributed by atoms with Crippen molar-refractivity contribution in [3.63, 3.8) is 0 Å². The summed E-state index contributed by atoms with van der Waals surface area (Å²) in [5, 5.41) is 2.67. The number of halogens is 3. The number of carbonyl (C=O) groups is 1. The maximum absolute atomic E-state index is 13.0. The first-order chi connectivity index (χ1) is 10.1. The molecule has 0 fully saturated rings. The van der Waals surface area contributed by atoms with Crippen LogP contribution >= 0.6 is 15.9 Å². The quantitative estimate of drug-likeness (QED) is 0.833. The summed E-state index contributed by atoms with van der Waals surface area (Å²) in [6.45, 7) is 0.403. The smallest absolute Gasteiger partial charge is 0.252 e. The first-order valence-electron chi connectivity index (χ1n) is 6.18. The second kappa shape index (κ2) is 7.17. The minimum absolute atomic E-state index is 0.154. The van der Waals surface area contributed by atoms with Crippen molar-refractivity contribution in [1.82, 2.24) is 5.32 Å². The van der Waals surface area contributed by atoms with Crippen LogP contribution in [0.2, 0.25) is 0 Å². The van der Waals surface area contributed by atoms with Crippen LogP contribution in [0.1, 0.15) is 10.4 Å². The van der Waals surface area contributed by atoms with Gasteiger partial charge >= 0.3 is 0 Å². The number of ether oxygens (including phenoxy) is 1. The summed E-state index contributed by atoms with van der Waals surface area (Å²) in [5.41, 5.74) is 0.519. The number of benzene rings is 2. The Morgan fingerprint density at radius 1 is 1.14 bits per heavy atom. The molecule has 2 aromatic carbocycles. The van der Waals surface area contributed by atoms with E-state index in [1.807, 2.05) is 6.07 Å². The maximum Gasteiger partial charge on any atom is 0.252 e. The zero-order chi connectivity index (χ0) is 15.2. The van der Waals surface area contributed by atoms with E-state index in [2.05, 4.69) is 21.2 Å². The molecule has 0 spiro atoms. The molecule has 3 nitrogen and oxygen atoms in total. The lowest BCUT2D eigenvalue weighted by atomic mass is 10.2. The fraction of sp³-hybridized carbons (Fsp3) is 0.133. The second-order valence-corrected chi connectivity index (χ2v) is 5.01. The van der Waals surface area contributed by atoms with E-state index in [-0.39, 0.29) is 24.8 Å². The Morgan fingerprint density at radius 3 is 2.62 bits per heavy atom. The van der Waals surface area contributed by atoms with Crippen molar-refractivity contribution in [3.05, 3.63) is 64.1 Å². The summed E-state index contributed by atoms with van der Waals surface area (Å²) in [6, 6.07) is 10.3. The summed E-state index contributed by atoms with van der Waals surface area (Å²) < 4.78 is 31.6. The van der Waals surface area contributed by atoms with Gasteiger partial charge in [0.05, 0.1) is 12.1 Å². The third-order valence-electron chi connectivity index (χ3n) is 2.67. The molecule has 0 atom stereocenters. The van der Waals surface area contributed by atoms with Crippen LogP contribution in [0.4, 0.5) is 8.78 Å². The predicted octanol–water partition coefficient (Wildman–Crippen LogP) is 3.54. The molecule has 6 heteroatoms. The van der Waals surface area contributed by atoms with Gasteiger partial charge in [0.15, 0.2) is 11.6 Å². The average Bonchev–Trinajstić information content (AvgIpc) is 2.47. The largest absolute Gasteiger partial charge is 0.492 e. The van der Waals surface area contributed by atoms with E-state index in [0.29, 0.717) is 10.0 Å². The lowest BCUT2D eigenvalue weighted by Gasteiger charge is -2.09. The monoisotopic (exact) mass is 355 g/mol. The van der Waals surface area contributed by atoms with Gasteiger partial charge < -0.3 is 10.1 Å². The van der Waals surface area contributed by atoms with Gasteiger partial charge in [-0.05, 0) is 40.2 Å². The topological polar surface area (TPSA) is 38.3 Å². The van der Waals surface area contributed by atoms with Crippen LogP contribution < -0.4 is 10.1 Å². The molecule has 2 rings (SSSR count). The summed E-state index contributed by atoms with van der Waals surface area (Å²) in [4.78, 5) is 11.9. The highest BCUT2D eigenvalue weighted by atomic mass is 79.9. The van der Waals surface area contributed by atoms with Crippen molar-refractivity contribution in [2.75, 3.05) is 13.2 Å². The molecule has 0 bridgehead atoms. The number of hydrogen-bond acceptors (Lipinski definition) is 2. The van der Waals surface area contributed by atoms with Crippen LogP contribution in [-0.2, 0) is 0 Å². The standard InChI is InChI=1S/C15H12BrF2NO2/c16-12-4-2-1-3-11(12)15(20)19-7-8-21-10-5-6-13(17)14(18)9-10/h1-6,9H,7-8H2,(H,19,20). The number of hydrogen-bond donors (Lipinski definition) is 1. The molecule has 0 saturated carbocycles. The maximum atomic E-state index is 13.0. The van der Waals surface area contributed by atoms with E-state index in [0.717, 1.165) is 12.1 Å². The van der Waals surface area contributed by atoms with Crippen molar-refractivity contribution >= 4 is 21.8 Å². The summed E-state index contributed by atoms with van der Waals surface area (Å²) >= 11 is 3.29. The molecule has 0 aromatic heterocycles. The van der Waals surface area contributed by atoms with Crippen LogP contribution in [-0.4, -0.2) is 19.1 Å². The highest BCUT2D eigenvalue weighted by Gasteiger charge is 2.08. The Morgan fingerprint density at radius 2 is 1.90 bits per heavy atom. The Labute approximate surface area is 129 Å². The lowest BCUT2D eigenvalue weighted by Crippen LogP contribution is -2.28. The van der Waals surface area contributed by atoms with E-state index >= 15 is 0 Å². The summed E-state index contributed by atoms with van der Waals surface area (Å²) in [5.74, 6) is -1.92. The zero-order valence-corrected chi connectivity index (χ0v) is 12.5. The molecule has 0 aliphatic carbocycles. The van der Waals surface area contributed by atoms with E-state index in [4.69, 9.17) is 4.74 Å². The van der Waals surface area contributed by atoms with Crippen molar-refractivity contribution < 1.29 is 18.3 Å². The Balaban J connectivity index is 1.81. The third kappa shape index (κ3) is 4.26. The summed E-state index contributed by atoms with van der Waals surface area (Å²) in [6.07, 6.45) is 0. The molecular weight excluding hydrogens is 344 g/mol. The molecule has 0 radical (unpaired) electrons. The molecule has 2 aromatic rings. The van der Waals surface area contributed by atoms with E-state index in [1.54, 1.807) is 18.2 Å². The highest BCUT2D eigenvalue weighted by Crippen LogP contribution is 2.16. The molecule has 21 heavy (non-hydrogen) atoms. The number of amides is 1. The van der Waals surface area contributed by atoms with Crippen molar-refractivity contribution in [1.29, 1.82) is 0 Å². The highest BCUT2D eigenvalue weighted by molar-refractivity contribution is 9.10. The van der Waals surface area contributed by atoms with Crippen LogP contribution in [0.15, 0.2) is 46.9 Å². The van der Waals surface area contributed by atoms with Gasteiger partial charge in [0, 0.05) is 10.5 Å². The summed E-state index contributed by atoms with van der Waals surface area (Å²) in [7, 11) is 0. The van der Waals surface area contributed by atoms with Gasteiger partial charge in [0.2, 0.25) is 0 Å². The molecule has 1 amide bonds. The van der Waals surface area contributed by atoms with Crippen LogP contribution in [0, 0.1) is 11.6 Å². The van der Waals surface area contributed by atoms with Gasteiger partial charge in [-0.1, -0.05) is 12.1 Å². The Kier molecular flexibility index (Phi) is 5.27. The van der Waals surface area contributed by atoms with Gasteiger partial charge in [-0.15, -0.1) is 0 Å². The van der Waals surface area contributed by atoms with Crippen molar-refractivity contribution in [3.8, 4) is 5.75 Å². The first-order valence-corrected chi connectivity index (χ1v) is 6.98. The van der Waals surface area contributed by atoms with Crippen LogP contribution in [0.3, 0.4) is 0 Å². The van der Waals surface area contributed by atoms with E-state index in [1.165, 1.54) is 6.07 Å². The molecule has 0 unspecified atom stereocenters. The molecule has 0 heterocycles. The third-order valence-corrected chi connectivity index (χ3v) is 3.36. The van der Waals surface area contributed by atoms with E-state index in [9.17, 15) is 13.6 Å². The SMILES string of the molecule is O=C(NCCOc1ccc(F)c(F)c1)c1ccccc1Br.